The van der Waals surface area contributed by atoms with Crippen LogP contribution in [0, 0.1) is 11.8 Å². The molecule has 3 aliphatic heterocycles. The molecule has 0 bridgehead atoms. The van der Waals surface area contributed by atoms with Crippen LogP contribution in [0.5, 0.6) is 0 Å². The van der Waals surface area contributed by atoms with Gasteiger partial charge in [-0.15, -0.1) is 0 Å². The Labute approximate surface area is 237 Å². The van der Waals surface area contributed by atoms with Crippen LogP contribution in [0.25, 0.3) is 6.08 Å². The molecule has 0 aliphatic carbocycles. The molecule has 206 valence electrons. The molecule has 0 radical (unpaired) electrons. The van der Waals surface area contributed by atoms with E-state index < -0.39 is 21.2 Å². The lowest BCUT2D eigenvalue weighted by molar-refractivity contribution is -0.115. The van der Waals surface area contributed by atoms with E-state index >= 15 is 0 Å². The van der Waals surface area contributed by atoms with E-state index in [1.54, 1.807) is 46.8 Å². The molecule has 12 heteroatoms. The number of thioether (sulfide) groups is 1. The fraction of sp³-hybridized carbons (Fsp3) is 0.286. The molecular formula is C28H28N6O4S2. The van der Waals surface area contributed by atoms with E-state index in [4.69, 9.17) is 9.97 Å². The van der Waals surface area contributed by atoms with Gasteiger partial charge in [-0.25, -0.2) is 13.4 Å². The molecule has 4 heterocycles. The molecule has 0 saturated carbocycles. The largest absolute Gasteiger partial charge is 0.355 e. The zero-order chi connectivity index (χ0) is 27.9. The van der Waals surface area contributed by atoms with Gasteiger partial charge in [-0.3, -0.25) is 14.9 Å². The SMILES string of the molecule is CN(Cc1ccccc1)c1cc(/C=C2\SC(=O)NC2=O)nc(N2CC3CN(S(=O)(=O)c4ccccc4)CC3C2)n1. The van der Waals surface area contributed by atoms with Crippen LogP contribution in [0.15, 0.2) is 76.5 Å². The van der Waals surface area contributed by atoms with Crippen molar-refractivity contribution in [2.24, 2.45) is 11.8 Å². The molecule has 3 saturated heterocycles. The predicted molar refractivity (Wildman–Crippen MR) is 154 cm³/mol. The maximum absolute atomic E-state index is 13.2. The van der Waals surface area contributed by atoms with E-state index in [1.165, 1.54) is 0 Å². The van der Waals surface area contributed by atoms with E-state index in [-0.39, 0.29) is 16.7 Å². The first-order valence-electron chi connectivity index (χ1n) is 13.0. The van der Waals surface area contributed by atoms with Crippen molar-refractivity contribution in [1.82, 2.24) is 19.6 Å². The number of aromatic nitrogens is 2. The third-order valence-electron chi connectivity index (χ3n) is 7.41. The Morgan fingerprint density at radius 2 is 1.62 bits per heavy atom. The minimum absolute atomic E-state index is 0.156. The van der Waals surface area contributed by atoms with Crippen molar-refractivity contribution in [2.75, 3.05) is 43.0 Å². The molecule has 1 aromatic heterocycles. The summed E-state index contributed by atoms with van der Waals surface area (Å²) in [5.74, 6) is 1.07. The summed E-state index contributed by atoms with van der Waals surface area (Å²) in [4.78, 5) is 38.2. The van der Waals surface area contributed by atoms with E-state index in [0.29, 0.717) is 55.1 Å². The van der Waals surface area contributed by atoms with Crippen LogP contribution >= 0.6 is 11.8 Å². The van der Waals surface area contributed by atoms with Crippen molar-refractivity contribution in [3.8, 4) is 0 Å². The molecule has 1 N–H and O–H groups in total. The van der Waals surface area contributed by atoms with Crippen molar-refractivity contribution >= 4 is 50.8 Å². The third-order valence-corrected chi connectivity index (χ3v) is 10.1. The lowest BCUT2D eigenvalue weighted by Crippen LogP contribution is -2.34. The average Bonchev–Trinajstić information content (AvgIpc) is 3.63. The van der Waals surface area contributed by atoms with Gasteiger partial charge >= 0.3 is 0 Å². The smallest absolute Gasteiger partial charge is 0.290 e. The fourth-order valence-corrected chi connectivity index (χ4v) is 7.64. The van der Waals surface area contributed by atoms with Gasteiger partial charge in [-0.05, 0) is 47.4 Å². The number of sulfonamides is 1. The van der Waals surface area contributed by atoms with E-state index in [2.05, 4.69) is 10.2 Å². The molecule has 2 aromatic carbocycles. The summed E-state index contributed by atoms with van der Waals surface area (Å²) in [7, 11) is -1.59. The van der Waals surface area contributed by atoms with Gasteiger partial charge in [0.25, 0.3) is 11.1 Å². The molecule has 6 rings (SSSR count). The Balaban J connectivity index is 1.25. The number of hydrogen-bond acceptors (Lipinski definition) is 9. The van der Waals surface area contributed by atoms with Crippen LogP contribution < -0.4 is 15.1 Å². The lowest BCUT2D eigenvalue weighted by atomic mass is 10.0. The summed E-state index contributed by atoms with van der Waals surface area (Å²) >= 11 is 0.849. The summed E-state index contributed by atoms with van der Waals surface area (Å²) in [5, 5.41) is 1.87. The highest BCUT2D eigenvalue weighted by Crippen LogP contribution is 2.36. The topological polar surface area (TPSA) is 116 Å². The van der Waals surface area contributed by atoms with Gasteiger partial charge in [-0.1, -0.05) is 48.5 Å². The van der Waals surface area contributed by atoms with Crippen molar-refractivity contribution in [3.05, 3.63) is 82.9 Å². The molecular weight excluding hydrogens is 548 g/mol. The van der Waals surface area contributed by atoms with Crippen molar-refractivity contribution in [1.29, 1.82) is 0 Å². The maximum Gasteiger partial charge on any atom is 0.290 e. The van der Waals surface area contributed by atoms with Crippen LogP contribution in [-0.4, -0.2) is 67.1 Å². The number of nitrogens with zero attached hydrogens (tertiary/aromatic N) is 5. The number of fused-ring (bicyclic) bond motifs is 1. The van der Waals surface area contributed by atoms with Crippen LogP contribution in [0.1, 0.15) is 11.3 Å². The number of carbonyl (C=O) groups excluding carboxylic acids is 2. The standard InChI is InChI=1S/C28H28N6O4S2/c1-32(14-19-8-4-2-5-9-19)25-13-22(12-24-26(35)31-28(36)39-24)29-27(30-25)33-15-20-17-34(18-21(20)16-33)40(37,38)23-10-6-3-7-11-23/h2-13,20-21H,14-18H2,1H3,(H,31,35,36)/b24-12-. The summed E-state index contributed by atoms with van der Waals surface area (Å²) in [6.45, 7) is 2.77. The van der Waals surface area contributed by atoms with E-state index in [1.807, 2.05) is 42.3 Å². The highest BCUT2D eigenvalue weighted by atomic mass is 32.2. The van der Waals surface area contributed by atoms with Gasteiger partial charge in [0.05, 0.1) is 15.5 Å². The van der Waals surface area contributed by atoms with Gasteiger partial charge in [-0.2, -0.15) is 9.29 Å². The lowest BCUT2D eigenvalue weighted by Gasteiger charge is -2.24. The highest BCUT2D eigenvalue weighted by molar-refractivity contribution is 8.18. The number of rotatable bonds is 7. The van der Waals surface area contributed by atoms with Crippen molar-refractivity contribution < 1.29 is 18.0 Å². The summed E-state index contributed by atoms with van der Waals surface area (Å²) in [5.41, 5.74) is 1.65. The Morgan fingerprint density at radius 3 is 2.25 bits per heavy atom. The highest BCUT2D eigenvalue weighted by Gasteiger charge is 2.45. The first kappa shape index (κ1) is 26.5. The average molecular weight is 577 g/mol. The number of benzene rings is 2. The van der Waals surface area contributed by atoms with Crippen molar-refractivity contribution in [2.45, 2.75) is 11.4 Å². The predicted octanol–water partition coefficient (Wildman–Crippen LogP) is 3.19. The Bertz CT molecular complexity index is 1570. The van der Waals surface area contributed by atoms with Gasteiger partial charge in [0.2, 0.25) is 16.0 Å². The number of carbonyl (C=O) groups is 2. The second-order valence-electron chi connectivity index (χ2n) is 10.2. The van der Waals surface area contributed by atoms with Crippen molar-refractivity contribution in [3.63, 3.8) is 0 Å². The second-order valence-corrected chi connectivity index (χ2v) is 13.2. The first-order valence-corrected chi connectivity index (χ1v) is 15.2. The normalized spacial score (nSPS) is 22.1. The van der Waals surface area contributed by atoms with Gasteiger partial charge < -0.3 is 9.80 Å². The van der Waals surface area contributed by atoms with Crippen LogP contribution in [-0.2, 0) is 21.4 Å². The molecule has 40 heavy (non-hydrogen) atoms. The monoisotopic (exact) mass is 576 g/mol. The Hall–Kier alpha value is -3.74. The van der Waals surface area contributed by atoms with E-state index in [0.717, 1.165) is 17.3 Å². The fourth-order valence-electron chi connectivity index (χ4n) is 5.40. The van der Waals surface area contributed by atoms with Crippen LogP contribution in [0.4, 0.5) is 16.6 Å². The Kier molecular flexibility index (Phi) is 7.07. The molecule has 2 amide bonds. The van der Waals surface area contributed by atoms with Gasteiger partial charge in [0, 0.05) is 45.8 Å². The first-order chi connectivity index (χ1) is 19.3. The summed E-state index contributed by atoms with van der Waals surface area (Å²) in [6.07, 6.45) is 1.61. The minimum atomic E-state index is -3.54. The summed E-state index contributed by atoms with van der Waals surface area (Å²) < 4.78 is 27.9. The maximum atomic E-state index is 13.2. The molecule has 3 fully saturated rings. The molecule has 3 aliphatic rings. The molecule has 2 unspecified atom stereocenters. The minimum Gasteiger partial charge on any atom is -0.355 e. The molecule has 0 spiro atoms. The summed E-state index contributed by atoms with van der Waals surface area (Å²) in [6, 6.07) is 20.4. The van der Waals surface area contributed by atoms with Gasteiger partial charge in [0.15, 0.2) is 0 Å². The number of imide groups is 1. The number of hydrogen-bond donors (Lipinski definition) is 1. The number of nitrogens with one attached hydrogen (secondary N) is 1. The molecule has 3 aromatic rings. The molecule has 2 atom stereocenters. The number of anilines is 2. The third kappa shape index (κ3) is 5.34. The second kappa shape index (κ2) is 10.7. The quantitative estimate of drug-likeness (QED) is 0.424. The molecule has 10 nitrogen and oxygen atoms in total. The zero-order valence-electron chi connectivity index (χ0n) is 21.8. The Morgan fingerprint density at radius 1 is 0.975 bits per heavy atom. The zero-order valence-corrected chi connectivity index (χ0v) is 23.4. The number of amides is 2. The van der Waals surface area contributed by atoms with Gasteiger partial charge in [0.1, 0.15) is 5.82 Å². The van der Waals surface area contributed by atoms with Crippen LogP contribution in [0.3, 0.4) is 0 Å². The van der Waals surface area contributed by atoms with E-state index in [9.17, 15) is 18.0 Å². The van der Waals surface area contributed by atoms with Crippen LogP contribution in [0.2, 0.25) is 0 Å².